The highest BCUT2D eigenvalue weighted by Gasteiger charge is 2.17. The highest BCUT2D eigenvalue weighted by molar-refractivity contribution is 6.17. The van der Waals surface area contributed by atoms with Gasteiger partial charge in [-0.3, -0.25) is 0 Å². The van der Waals surface area contributed by atoms with Gasteiger partial charge in [0.05, 0.1) is 16.8 Å². The number of carboxylic acid groups (broad SMARTS) is 1. The van der Waals surface area contributed by atoms with Gasteiger partial charge in [-0.1, -0.05) is 42.5 Å². The first-order valence-electron chi connectivity index (χ1n) is 8.35. The zero-order valence-corrected chi connectivity index (χ0v) is 13.7. The first-order chi connectivity index (χ1) is 12.7. The summed E-state index contributed by atoms with van der Waals surface area (Å²) in [7, 11) is 0. The Kier molecular flexibility index (Phi) is 3.06. The number of hydrogen-bond donors (Lipinski definition) is 2. The number of nitrogens with zero attached hydrogens (tertiary/aromatic N) is 1. The minimum atomic E-state index is -0.984. The van der Waals surface area contributed by atoms with Gasteiger partial charge in [-0.05, 0) is 30.4 Å². The van der Waals surface area contributed by atoms with Crippen LogP contribution in [0.3, 0.4) is 0 Å². The van der Waals surface area contributed by atoms with Gasteiger partial charge in [-0.25, -0.2) is 9.78 Å². The average Bonchev–Trinajstić information content (AvgIpc) is 2.97. The maximum Gasteiger partial charge on any atom is 0.337 e. The van der Waals surface area contributed by atoms with Crippen molar-refractivity contribution >= 4 is 45.5 Å². The molecule has 2 heterocycles. The van der Waals surface area contributed by atoms with E-state index in [-0.39, 0.29) is 5.57 Å². The normalized spacial score (nSPS) is 17.6. The van der Waals surface area contributed by atoms with Gasteiger partial charge in [0.15, 0.2) is 0 Å². The molecule has 1 aliphatic carbocycles. The summed E-state index contributed by atoms with van der Waals surface area (Å²) in [6.45, 7) is 0. The molecule has 1 aliphatic rings. The summed E-state index contributed by atoms with van der Waals surface area (Å²) in [6.07, 6.45) is 5.49. The number of aromatic amines is 1. The monoisotopic (exact) mass is 338 g/mol. The molecular formula is C22H14N2O2. The number of hydrogen-bond acceptors (Lipinski definition) is 2. The molecule has 2 aromatic carbocycles. The lowest BCUT2D eigenvalue weighted by Gasteiger charge is -2.09. The molecule has 0 radical (unpaired) electrons. The number of carboxylic acids is 1. The number of para-hydroxylation sites is 2. The summed E-state index contributed by atoms with van der Waals surface area (Å²) >= 11 is 0. The number of rotatable bonds is 1. The van der Waals surface area contributed by atoms with Crippen LogP contribution in [0, 0.1) is 0 Å². The van der Waals surface area contributed by atoms with Gasteiger partial charge in [0, 0.05) is 32.4 Å². The molecule has 124 valence electrons. The van der Waals surface area contributed by atoms with Crippen LogP contribution in [0.15, 0.2) is 60.7 Å². The van der Waals surface area contributed by atoms with Crippen molar-refractivity contribution in [1.29, 1.82) is 0 Å². The zero-order chi connectivity index (χ0) is 17.7. The fourth-order valence-electron chi connectivity index (χ4n) is 3.51. The molecule has 0 fully saturated rings. The second-order valence-electron chi connectivity index (χ2n) is 6.31. The Morgan fingerprint density at radius 2 is 1.81 bits per heavy atom. The van der Waals surface area contributed by atoms with Gasteiger partial charge >= 0.3 is 5.97 Å². The standard InChI is InChI=1S/C22H14N2O2/c25-22(26)17-10-9-16-15-6-2-4-8-19(15)23-20(16)12-14-11-13-5-1-3-7-18(13)24-21(14)17/h1-12,23H,(H,25,26)/b10-9?,14-12?,16-9-,17-10+,20-12+,21-17?. The van der Waals surface area contributed by atoms with Gasteiger partial charge < -0.3 is 10.1 Å². The van der Waals surface area contributed by atoms with E-state index in [1.54, 1.807) is 6.08 Å². The van der Waals surface area contributed by atoms with Crippen LogP contribution in [0.1, 0.15) is 11.3 Å². The molecule has 4 heteroatoms. The predicted octanol–water partition coefficient (Wildman–Crippen LogP) is 2.81. The lowest BCUT2D eigenvalue weighted by molar-refractivity contribution is -0.130. The minimum Gasteiger partial charge on any atom is -0.478 e. The van der Waals surface area contributed by atoms with Crippen LogP contribution in [0.4, 0.5) is 0 Å². The molecule has 0 amide bonds. The molecule has 0 unspecified atom stereocenters. The van der Waals surface area contributed by atoms with E-state index in [1.165, 1.54) is 0 Å². The molecule has 2 N–H and O–H groups in total. The highest BCUT2D eigenvalue weighted by Crippen LogP contribution is 2.24. The number of fused-ring (bicyclic) bond motifs is 5. The summed E-state index contributed by atoms with van der Waals surface area (Å²) in [5.74, 6) is -0.984. The quantitative estimate of drug-likeness (QED) is 0.561. The van der Waals surface area contributed by atoms with E-state index in [0.717, 1.165) is 37.9 Å². The first-order valence-corrected chi connectivity index (χ1v) is 8.35. The van der Waals surface area contributed by atoms with Crippen LogP contribution in [0.2, 0.25) is 0 Å². The molecule has 5 rings (SSSR count). The number of benzene rings is 2. The van der Waals surface area contributed by atoms with Crippen LogP contribution in [-0.4, -0.2) is 21.0 Å². The van der Waals surface area contributed by atoms with Crippen LogP contribution in [0.5, 0.6) is 0 Å². The van der Waals surface area contributed by atoms with Crippen molar-refractivity contribution in [2.75, 3.05) is 0 Å². The summed E-state index contributed by atoms with van der Waals surface area (Å²) in [6, 6.07) is 17.7. The maximum absolute atomic E-state index is 11.9. The van der Waals surface area contributed by atoms with E-state index in [0.29, 0.717) is 5.69 Å². The summed E-state index contributed by atoms with van der Waals surface area (Å²) in [4.78, 5) is 19.9. The number of aromatic nitrogens is 2. The molecule has 0 saturated heterocycles. The maximum atomic E-state index is 11.9. The summed E-state index contributed by atoms with van der Waals surface area (Å²) in [5, 5.41) is 13.7. The Morgan fingerprint density at radius 1 is 1.00 bits per heavy atom. The topological polar surface area (TPSA) is 66.0 Å². The van der Waals surface area contributed by atoms with Gasteiger partial charge in [0.25, 0.3) is 0 Å². The molecule has 4 nitrogen and oxygen atoms in total. The Labute approximate surface area is 148 Å². The molecular weight excluding hydrogens is 324 g/mol. The van der Waals surface area contributed by atoms with E-state index < -0.39 is 5.97 Å². The first kappa shape index (κ1) is 14.7. The number of carbonyl (C=O) groups is 1. The third kappa shape index (κ3) is 2.16. The Morgan fingerprint density at radius 3 is 2.69 bits per heavy atom. The van der Waals surface area contributed by atoms with Gasteiger partial charge in [0.1, 0.15) is 0 Å². The fraction of sp³-hybridized carbons (Fsp3) is 0. The Hall–Kier alpha value is -3.66. The average molecular weight is 338 g/mol. The summed E-state index contributed by atoms with van der Waals surface area (Å²) < 4.78 is 0. The van der Waals surface area contributed by atoms with Crippen molar-refractivity contribution < 1.29 is 9.90 Å². The van der Waals surface area contributed by atoms with Gasteiger partial charge in [-0.2, -0.15) is 0 Å². The third-order valence-corrected chi connectivity index (χ3v) is 4.73. The van der Waals surface area contributed by atoms with Crippen molar-refractivity contribution in [3.8, 4) is 0 Å². The molecule has 0 spiro atoms. The molecule has 0 bridgehead atoms. The molecule has 26 heavy (non-hydrogen) atoms. The van der Waals surface area contributed by atoms with Crippen molar-refractivity contribution in [3.05, 3.63) is 82.5 Å². The second-order valence-corrected chi connectivity index (χ2v) is 6.31. The molecule has 0 atom stereocenters. The van der Waals surface area contributed by atoms with E-state index in [2.05, 4.69) is 9.97 Å². The molecule has 2 aromatic heterocycles. The highest BCUT2D eigenvalue weighted by atomic mass is 16.4. The van der Waals surface area contributed by atoms with Crippen LogP contribution < -0.4 is 10.6 Å². The predicted molar refractivity (Wildman–Crippen MR) is 103 cm³/mol. The zero-order valence-electron chi connectivity index (χ0n) is 13.7. The number of pyridine rings is 1. The van der Waals surface area contributed by atoms with Gasteiger partial charge in [-0.15, -0.1) is 0 Å². The van der Waals surface area contributed by atoms with Crippen molar-refractivity contribution in [3.63, 3.8) is 0 Å². The molecule has 4 aromatic rings. The van der Waals surface area contributed by atoms with Crippen molar-refractivity contribution in [2.45, 2.75) is 0 Å². The van der Waals surface area contributed by atoms with Crippen LogP contribution in [0.25, 0.3) is 39.5 Å². The SMILES string of the molecule is O=C(O)/C1=C/C=c2\c([nH]c3ccccc23)=C/c2cc3ccccc3nc21. The van der Waals surface area contributed by atoms with E-state index in [9.17, 15) is 9.90 Å². The molecule has 0 saturated carbocycles. The van der Waals surface area contributed by atoms with E-state index in [1.807, 2.05) is 66.7 Å². The van der Waals surface area contributed by atoms with E-state index in [4.69, 9.17) is 0 Å². The van der Waals surface area contributed by atoms with Crippen molar-refractivity contribution in [2.24, 2.45) is 0 Å². The van der Waals surface area contributed by atoms with E-state index >= 15 is 0 Å². The minimum absolute atomic E-state index is 0.193. The number of aliphatic carboxylic acids is 1. The number of allylic oxidation sites excluding steroid dienone is 1. The largest absolute Gasteiger partial charge is 0.478 e. The van der Waals surface area contributed by atoms with Crippen LogP contribution >= 0.6 is 0 Å². The Bertz CT molecular complexity index is 1360. The van der Waals surface area contributed by atoms with Gasteiger partial charge in [0.2, 0.25) is 0 Å². The molecule has 0 aliphatic heterocycles. The fourth-order valence-corrected chi connectivity index (χ4v) is 3.51. The summed E-state index contributed by atoms with van der Waals surface area (Å²) in [5.41, 5.74) is 3.27. The Balaban J connectivity index is 1.96. The van der Waals surface area contributed by atoms with Crippen molar-refractivity contribution in [1.82, 2.24) is 9.97 Å². The lowest BCUT2D eigenvalue weighted by Crippen LogP contribution is -2.24. The van der Waals surface area contributed by atoms with Crippen LogP contribution in [-0.2, 0) is 4.79 Å². The third-order valence-electron chi connectivity index (χ3n) is 4.73. The smallest absolute Gasteiger partial charge is 0.337 e. The second kappa shape index (κ2) is 5.43. The number of nitrogens with one attached hydrogen (secondary N) is 1. The lowest BCUT2D eigenvalue weighted by atomic mass is 10.0. The number of H-pyrrole nitrogens is 1.